The Labute approximate surface area is 200 Å². The van der Waals surface area contributed by atoms with Crippen LogP contribution in [-0.4, -0.2) is 62.2 Å². The summed E-state index contributed by atoms with van der Waals surface area (Å²) in [4.78, 5) is 32.3. The number of likely N-dealkylation sites (N-methyl/N-ethyl adjacent to an activating group) is 1. The van der Waals surface area contributed by atoms with E-state index in [9.17, 15) is 9.59 Å². The molecule has 2 aliphatic rings. The zero-order valence-corrected chi connectivity index (χ0v) is 20.8. The highest BCUT2D eigenvalue weighted by Gasteiger charge is 2.45. The van der Waals surface area contributed by atoms with Gasteiger partial charge in [0.25, 0.3) is 5.91 Å². The van der Waals surface area contributed by atoms with E-state index in [0.29, 0.717) is 28.5 Å². The van der Waals surface area contributed by atoms with Gasteiger partial charge < -0.3 is 19.3 Å². The predicted octanol–water partition coefficient (Wildman–Crippen LogP) is 4.59. The molecule has 7 heteroatoms. The monoisotopic (exact) mass is 468 g/mol. The maximum absolute atomic E-state index is 14.0. The van der Waals surface area contributed by atoms with Crippen molar-refractivity contribution >= 4 is 23.6 Å². The molecule has 33 heavy (non-hydrogen) atoms. The normalized spacial score (nSPS) is 21.1. The first-order valence-electron chi connectivity index (χ1n) is 11.3. The van der Waals surface area contributed by atoms with Gasteiger partial charge in [-0.25, -0.2) is 0 Å². The molecule has 2 aromatic carbocycles. The minimum absolute atomic E-state index is 0.0636. The number of thioether (sulfide) groups is 1. The lowest BCUT2D eigenvalue weighted by Gasteiger charge is -2.43. The Balaban J connectivity index is 1.86. The molecule has 2 atom stereocenters. The van der Waals surface area contributed by atoms with E-state index in [0.717, 1.165) is 36.4 Å². The van der Waals surface area contributed by atoms with E-state index in [1.807, 2.05) is 41.5 Å². The van der Waals surface area contributed by atoms with E-state index < -0.39 is 12.0 Å². The van der Waals surface area contributed by atoms with Crippen molar-refractivity contribution in [3.05, 3.63) is 53.1 Å². The van der Waals surface area contributed by atoms with Crippen LogP contribution in [0.4, 0.5) is 0 Å². The SMILES string of the molecule is COc1cc2c(cc1OC)[C@H](C(=O)N1CCC(C)CC1)[C@@H](c1ccc(SC)cc1)N(C)C2=O. The largest absolute Gasteiger partial charge is 0.493 e. The van der Waals surface area contributed by atoms with Gasteiger partial charge in [0.2, 0.25) is 5.91 Å². The lowest BCUT2D eigenvalue weighted by atomic mass is 9.78. The Hall–Kier alpha value is -2.67. The fraction of sp³-hybridized carbons (Fsp3) is 0.462. The fourth-order valence-corrected chi connectivity index (χ4v) is 5.37. The van der Waals surface area contributed by atoms with Crippen LogP contribution in [0.1, 0.15) is 53.2 Å². The molecule has 2 aliphatic heterocycles. The number of benzene rings is 2. The van der Waals surface area contributed by atoms with Crippen LogP contribution in [0.2, 0.25) is 0 Å². The molecule has 0 aliphatic carbocycles. The van der Waals surface area contributed by atoms with Gasteiger partial charge in [-0.05, 0) is 60.4 Å². The second-order valence-corrected chi connectivity index (χ2v) is 9.79. The topological polar surface area (TPSA) is 59.1 Å². The molecule has 4 rings (SSSR count). The number of fused-ring (bicyclic) bond motifs is 1. The van der Waals surface area contributed by atoms with Gasteiger partial charge in [0.15, 0.2) is 11.5 Å². The van der Waals surface area contributed by atoms with Crippen LogP contribution in [0.5, 0.6) is 11.5 Å². The molecular weight excluding hydrogens is 436 g/mol. The van der Waals surface area contributed by atoms with Crippen molar-refractivity contribution in [3.63, 3.8) is 0 Å². The van der Waals surface area contributed by atoms with Crippen molar-refractivity contribution in [2.45, 2.75) is 36.6 Å². The molecule has 0 aromatic heterocycles. The number of amides is 2. The van der Waals surface area contributed by atoms with Crippen LogP contribution >= 0.6 is 11.8 Å². The minimum atomic E-state index is -0.518. The average Bonchev–Trinajstić information content (AvgIpc) is 2.85. The number of hydrogen-bond acceptors (Lipinski definition) is 5. The van der Waals surface area contributed by atoms with E-state index >= 15 is 0 Å². The van der Waals surface area contributed by atoms with Gasteiger partial charge >= 0.3 is 0 Å². The minimum Gasteiger partial charge on any atom is -0.493 e. The fourth-order valence-electron chi connectivity index (χ4n) is 4.96. The van der Waals surface area contributed by atoms with Crippen molar-refractivity contribution in [2.24, 2.45) is 5.92 Å². The molecule has 0 spiro atoms. The summed E-state index contributed by atoms with van der Waals surface area (Å²) in [6.07, 6.45) is 4.03. The Morgan fingerprint density at radius 2 is 1.64 bits per heavy atom. The molecule has 0 saturated carbocycles. The Kier molecular flexibility index (Phi) is 6.88. The molecule has 0 bridgehead atoms. The summed E-state index contributed by atoms with van der Waals surface area (Å²) in [6.45, 7) is 3.72. The van der Waals surface area contributed by atoms with Crippen LogP contribution < -0.4 is 9.47 Å². The number of carbonyl (C=O) groups is 2. The number of nitrogens with zero attached hydrogens (tertiary/aromatic N) is 2. The van der Waals surface area contributed by atoms with Crippen LogP contribution in [0.15, 0.2) is 41.3 Å². The predicted molar refractivity (Wildman–Crippen MR) is 130 cm³/mol. The molecular formula is C26H32N2O4S. The number of rotatable bonds is 5. The molecule has 2 aromatic rings. The van der Waals surface area contributed by atoms with Gasteiger partial charge in [-0.3, -0.25) is 9.59 Å². The molecule has 0 radical (unpaired) electrons. The van der Waals surface area contributed by atoms with E-state index in [4.69, 9.17) is 9.47 Å². The first kappa shape index (κ1) is 23.5. The van der Waals surface area contributed by atoms with Crippen molar-refractivity contribution in [2.75, 3.05) is 40.6 Å². The molecule has 2 heterocycles. The van der Waals surface area contributed by atoms with Crippen LogP contribution in [0, 0.1) is 5.92 Å². The molecule has 0 N–H and O–H groups in total. The van der Waals surface area contributed by atoms with Crippen LogP contribution in [-0.2, 0) is 4.79 Å². The summed E-state index contributed by atoms with van der Waals surface area (Å²) in [5.74, 6) is 1.05. The van der Waals surface area contributed by atoms with Gasteiger partial charge in [0.05, 0.1) is 26.2 Å². The Morgan fingerprint density at radius 3 is 2.21 bits per heavy atom. The van der Waals surface area contributed by atoms with Gasteiger partial charge in [0.1, 0.15) is 0 Å². The van der Waals surface area contributed by atoms with Crippen LogP contribution in [0.25, 0.3) is 0 Å². The molecule has 6 nitrogen and oxygen atoms in total. The first-order chi connectivity index (χ1) is 15.9. The maximum Gasteiger partial charge on any atom is 0.254 e. The van der Waals surface area contributed by atoms with E-state index in [2.05, 4.69) is 6.92 Å². The number of likely N-dealkylation sites (tertiary alicyclic amines) is 1. The standard InChI is InChI=1S/C26H32N2O4S/c1-16-10-12-28(13-11-16)26(30)23-19-14-21(31-3)22(32-4)15-20(19)25(29)27(2)24(23)17-6-8-18(33-5)9-7-17/h6-9,14-16,23-24H,10-13H2,1-5H3/t23-,24+/m0/s1. The third kappa shape index (κ3) is 4.31. The van der Waals surface area contributed by atoms with E-state index in [-0.39, 0.29) is 11.8 Å². The number of piperidine rings is 1. The van der Waals surface area contributed by atoms with Gasteiger partial charge in [-0.15, -0.1) is 11.8 Å². The average molecular weight is 469 g/mol. The molecule has 2 amide bonds. The second-order valence-electron chi connectivity index (χ2n) is 8.91. The zero-order chi connectivity index (χ0) is 23.7. The number of hydrogen-bond donors (Lipinski definition) is 0. The maximum atomic E-state index is 14.0. The summed E-state index contributed by atoms with van der Waals surface area (Å²) in [5, 5.41) is 0. The quantitative estimate of drug-likeness (QED) is 0.601. The van der Waals surface area contributed by atoms with E-state index in [1.165, 1.54) is 0 Å². The van der Waals surface area contributed by atoms with E-state index in [1.54, 1.807) is 44.0 Å². The highest BCUT2D eigenvalue weighted by Crippen LogP contribution is 2.46. The third-order valence-corrected chi connectivity index (χ3v) is 7.74. The van der Waals surface area contributed by atoms with Crippen molar-refractivity contribution in [1.82, 2.24) is 9.80 Å². The Bertz CT molecular complexity index is 1030. The molecule has 1 fully saturated rings. The van der Waals surface area contributed by atoms with Gasteiger partial charge in [-0.1, -0.05) is 19.1 Å². The molecule has 0 unspecified atom stereocenters. The number of carbonyl (C=O) groups excluding carboxylic acids is 2. The summed E-state index contributed by atoms with van der Waals surface area (Å²) >= 11 is 1.67. The van der Waals surface area contributed by atoms with Crippen molar-refractivity contribution < 1.29 is 19.1 Å². The van der Waals surface area contributed by atoms with Crippen molar-refractivity contribution in [1.29, 1.82) is 0 Å². The number of methoxy groups -OCH3 is 2. The van der Waals surface area contributed by atoms with Gasteiger partial charge in [0, 0.05) is 30.6 Å². The highest BCUT2D eigenvalue weighted by atomic mass is 32.2. The van der Waals surface area contributed by atoms with Gasteiger partial charge in [-0.2, -0.15) is 0 Å². The smallest absolute Gasteiger partial charge is 0.254 e. The lowest BCUT2D eigenvalue weighted by molar-refractivity contribution is -0.135. The van der Waals surface area contributed by atoms with Crippen LogP contribution in [0.3, 0.4) is 0 Å². The summed E-state index contributed by atoms with van der Waals surface area (Å²) in [5.41, 5.74) is 2.15. The lowest BCUT2D eigenvalue weighted by Crippen LogP contribution is -2.48. The first-order valence-corrected chi connectivity index (χ1v) is 12.6. The van der Waals surface area contributed by atoms with Crippen molar-refractivity contribution in [3.8, 4) is 11.5 Å². The molecule has 1 saturated heterocycles. The summed E-state index contributed by atoms with van der Waals surface area (Å²) < 4.78 is 11.0. The zero-order valence-electron chi connectivity index (χ0n) is 20.0. The second kappa shape index (κ2) is 9.67. The third-order valence-electron chi connectivity index (χ3n) is 6.99. The molecule has 176 valence electrons. The summed E-state index contributed by atoms with van der Waals surface area (Å²) in [7, 11) is 4.91. The summed E-state index contributed by atoms with van der Waals surface area (Å²) in [6, 6.07) is 11.3. The Morgan fingerprint density at radius 1 is 1.03 bits per heavy atom. The highest BCUT2D eigenvalue weighted by molar-refractivity contribution is 7.98. The number of ether oxygens (including phenoxy) is 2.